The first-order valence-corrected chi connectivity index (χ1v) is 11.0. The molecule has 0 aromatic heterocycles. The third-order valence-electron chi connectivity index (χ3n) is 4.91. The van der Waals surface area contributed by atoms with Crippen LogP contribution in [0.3, 0.4) is 0 Å². The van der Waals surface area contributed by atoms with Crippen LogP contribution >= 0.6 is 0 Å². The van der Waals surface area contributed by atoms with Crippen molar-refractivity contribution in [3.63, 3.8) is 0 Å². The van der Waals surface area contributed by atoms with Gasteiger partial charge in [-0.05, 0) is 60.4 Å². The van der Waals surface area contributed by atoms with Gasteiger partial charge in [0, 0.05) is 0 Å². The van der Waals surface area contributed by atoms with Crippen molar-refractivity contribution >= 4 is 9.84 Å². The monoisotopic (exact) mass is 394 g/mol. The average molecular weight is 395 g/mol. The van der Waals surface area contributed by atoms with Gasteiger partial charge in [0.15, 0.2) is 0 Å². The van der Waals surface area contributed by atoms with E-state index in [4.69, 9.17) is 4.74 Å². The van der Waals surface area contributed by atoms with Crippen molar-refractivity contribution in [1.29, 1.82) is 0 Å². The van der Waals surface area contributed by atoms with Crippen molar-refractivity contribution < 1.29 is 13.2 Å². The van der Waals surface area contributed by atoms with Crippen molar-refractivity contribution in [2.24, 2.45) is 5.92 Å². The summed E-state index contributed by atoms with van der Waals surface area (Å²) in [6.07, 6.45) is 1.09. The molecule has 0 fully saturated rings. The lowest BCUT2D eigenvalue weighted by molar-refractivity contribution is 0.256. The molecule has 0 heterocycles. The molecular weight excluding hydrogens is 368 g/mol. The van der Waals surface area contributed by atoms with Crippen LogP contribution < -0.4 is 4.74 Å². The molecule has 0 N–H and O–H groups in total. The van der Waals surface area contributed by atoms with E-state index in [9.17, 15) is 8.42 Å². The predicted octanol–water partition coefficient (Wildman–Crippen LogP) is 5.92. The number of rotatable bonds is 7. The molecule has 3 aromatic carbocycles. The molecule has 0 aliphatic carbocycles. The van der Waals surface area contributed by atoms with E-state index in [2.05, 4.69) is 13.8 Å². The van der Waals surface area contributed by atoms with E-state index in [-0.39, 0.29) is 0 Å². The predicted molar refractivity (Wildman–Crippen MR) is 113 cm³/mol. The van der Waals surface area contributed by atoms with Gasteiger partial charge in [-0.2, -0.15) is 0 Å². The van der Waals surface area contributed by atoms with Crippen molar-refractivity contribution in [2.45, 2.75) is 37.0 Å². The van der Waals surface area contributed by atoms with E-state index in [1.807, 2.05) is 55.5 Å². The summed E-state index contributed by atoms with van der Waals surface area (Å²) >= 11 is 0. The van der Waals surface area contributed by atoms with E-state index in [1.54, 1.807) is 24.3 Å². The largest absolute Gasteiger partial charge is 0.493 e. The number of sulfone groups is 1. The third kappa shape index (κ3) is 4.63. The number of hydrogen-bond donors (Lipinski definition) is 0. The second-order valence-corrected chi connectivity index (χ2v) is 9.14. The van der Waals surface area contributed by atoms with Crippen LogP contribution in [0.2, 0.25) is 0 Å². The van der Waals surface area contributed by atoms with Gasteiger partial charge in [0.05, 0.1) is 16.4 Å². The normalized spacial score (nSPS) is 12.5. The fourth-order valence-corrected chi connectivity index (χ4v) is 4.04. The molecule has 0 amide bonds. The molecule has 3 rings (SSSR count). The van der Waals surface area contributed by atoms with Crippen LogP contribution in [0.1, 0.15) is 25.8 Å². The summed E-state index contributed by atoms with van der Waals surface area (Å²) in [5.41, 5.74) is 3.03. The summed E-state index contributed by atoms with van der Waals surface area (Å²) in [6, 6.07) is 21.8. The minimum absolute atomic E-state index is 0.300. The Kier molecular flexibility index (Phi) is 6.20. The van der Waals surface area contributed by atoms with Gasteiger partial charge < -0.3 is 4.74 Å². The van der Waals surface area contributed by atoms with Gasteiger partial charge in [0.1, 0.15) is 5.75 Å². The van der Waals surface area contributed by atoms with Gasteiger partial charge in [-0.3, -0.25) is 0 Å². The lowest BCUT2D eigenvalue weighted by Crippen LogP contribution is -2.06. The molecule has 1 atom stereocenters. The molecule has 0 bridgehead atoms. The van der Waals surface area contributed by atoms with Crippen LogP contribution in [0.15, 0.2) is 82.6 Å². The fourth-order valence-electron chi connectivity index (χ4n) is 2.78. The van der Waals surface area contributed by atoms with E-state index >= 15 is 0 Å². The smallest absolute Gasteiger partial charge is 0.206 e. The van der Waals surface area contributed by atoms with Gasteiger partial charge in [-0.1, -0.05) is 62.2 Å². The molecular formula is C24H26O3S. The molecule has 0 saturated carbocycles. The molecule has 1 unspecified atom stereocenters. The minimum atomic E-state index is -3.50. The van der Waals surface area contributed by atoms with Crippen molar-refractivity contribution in [1.82, 2.24) is 0 Å². The number of benzene rings is 3. The van der Waals surface area contributed by atoms with Crippen LogP contribution in [0.25, 0.3) is 11.1 Å². The summed E-state index contributed by atoms with van der Waals surface area (Å²) in [5.74, 6) is 1.38. The highest BCUT2D eigenvalue weighted by molar-refractivity contribution is 7.91. The Balaban J connectivity index is 1.76. The average Bonchev–Trinajstić information content (AvgIpc) is 2.73. The van der Waals surface area contributed by atoms with E-state index < -0.39 is 9.84 Å². The van der Waals surface area contributed by atoms with Crippen LogP contribution in [0.4, 0.5) is 0 Å². The number of hydrogen-bond acceptors (Lipinski definition) is 3. The summed E-state index contributed by atoms with van der Waals surface area (Å²) in [4.78, 5) is 0.613. The molecule has 146 valence electrons. The van der Waals surface area contributed by atoms with Gasteiger partial charge >= 0.3 is 0 Å². The maximum atomic E-state index is 12.8. The maximum Gasteiger partial charge on any atom is 0.206 e. The second-order valence-electron chi connectivity index (χ2n) is 7.19. The fraction of sp³-hybridized carbons (Fsp3) is 0.250. The van der Waals surface area contributed by atoms with Gasteiger partial charge in [-0.15, -0.1) is 0 Å². The van der Waals surface area contributed by atoms with Crippen LogP contribution in [0, 0.1) is 12.8 Å². The van der Waals surface area contributed by atoms with Gasteiger partial charge in [-0.25, -0.2) is 8.42 Å². The molecule has 3 aromatic rings. The first-order valence-electron chi connectivity index (χ1n) is 9.55. The lowest BCUT2D eigenvalue weighted by atomic mass is 10.1. The highest BCUT2D eigenvalue weighted by atomic mass is 32.2. The zero-order valence-electron chi connectivity index (χ0n) is 16.6. The SMILES string of the molecule is CCC(C)COc1ccc(-c2ccc(S(=O)(=O)c3ccc(C)cc3)cc2)cc1. The quantitative estimate of drug-likeness (QED) is 0.499. The molecule has 0 radical (unpaired) electrons. The number of ether oxygens (including phenoxy) is 1. The summed E-state index contributed by atoms with van der Waals surface area (Å²) in [7, 11) is -3.50. The molecule has 0 aliphatic rings. The molecule has 0 spiro atoms. The minimum Gasteiger partial charge on any atom is -0.493 e. The Morgan fingerprint density at radius 1 is 0.786 bits per heavy atom. The number of aryl methyl sites for hydroxylation is 1. The second kappa shape index (κ2) is 8.61. The molecule has 4 heteroatoms. The highest BCUT2D eigenvalue weighted by Gasteiger charge is 2.17. The van der Waals surface area contributed by atoms with Gasteiger partial charge in [0.2, 0.25) is 9.84 Å². The Morgan fingerprint density at radius 2 is 1.25 bits per heavy atom. The maximum absolute atomic E-state index is 12.8. The highest BCUT2D eigenvalue weighted by Crippen LogP contribution is 2.26. The van der Waals surface area contributed by atoms with Crippen LogP contribution in [-0.2, 0) is 9.84 Å². The standard InChI is InChI=1S/C24H26O3S/c1-4-18(2)17-27-22-11-7-20(8-12-22)21-9-15-24(16-10-21)28(25,26)23-13-5-19(3)6-14-23/h5-16,18H,4,17H2,1-3H3. The van der Waals surface area contributed by atoms with E-state index in [0.717, 1.165) is 28.9 Å². The topological polar surface area (TPSA) is 43.4 Å². The zero-order valence-corrected chi connectivity index (χ0v) is 17.4. The Bertz CT molecular complexity index is 1000. The lowest BCUT2D eigenvalue weighted by Gasteiger charge is -2.11. The van der Waals surface area contributed by atoms with Crippen molar-refractivity contribution in [2.75, 3.05) is 6.61 Å². The molecule has 0 saturated heterocycles. The molecule has 0 aliphatic heterocycles. The summed E-state index contributed by atoms with van der Waals surface area (Å²) in [6.45, 7) is 6.97. The van der Waals surface area contributed by atoms with E-state index in [1.165, 1.54) is 0 Å². The van der Waals surface area contributed by atoms with Gasteiger partial charge in [0.25, 0.3) is 0 Å². The molecule has 28 heavy (non-hydrogen) atoms. The van der Waals surface area contributed by atoms with Crippen molar-refractivity contribution in [3.8, 4) is 16.9 Å². The summed E-state index contributed by atoms with van der Waals surface area (Å²) in [5, 5.41) is 0. The first kappa shape index (κ1) is 20.2. The Morgan fingerprint density at radius 3 is 1.75 bits per heavy atom. The Labute approximate surface area is 167 Å². The zero-order chi connectivity index (χ0) is 20.1. The summed E-state index contributed by atoms with van der Waals surface area (Å²) < 4.78 is 31.3. The first-order chi connectivity index (χ1) is 13.4. The van der Waals surface area contributed by atoms with Crippen LogP contribution in [0.5, 0.6) is 5.75 Å². The van der Waals surface area contributed by atoms with Crippen molar-refractivity contribution in [3.05, 3.63) is 78.4 Å². The molecule has 3 nitrogen and oxygen atoms in total. The van der Waals surface area contributed by atoms with E-state index in [0.29, 0.717) is 22.3 Å². The van der Waals surface area contributed by atoms with Crippen LogP contribution in [-0.4, -0.2) is 15.0 Å². The third-order valence-corrected chi connectivity index (χ3v) is 6.70. The Hall–Kier alpha value is -2.59.